The van der Waals surface area contributed by atoms with E-state index in [1.54, 1.807) is 6.33 Å². The van der Waals surface area contributed by atoms with Gasteiger partial charge < -0.3 is 4.57 Å². The molecule has 0 N–H and O–H groups in total. The van der Waals surface area contributed by atoms with Gasteiger partial charge in [0, 0.05) is 6.54 Å². The largest absolute Gasteiger partial charge is 0.304 e. The van der Waals surface area contributed by atoms with Crippen LogP contribution in [-0.4, -0.2) is 14.8 Å². The normalized spacial score (nSPS) is 17.2. The van der Waals surface area contributed by atoms with E-state index < -0.39 is 0 Å². The molecule has 1 aliphatic carbocycles. The van der Waals surface area contributed by atoms with Crippen LogP contribution in [-0.2, 0) is 6.54 Å². The molecule has 1 aromatic heterocycles. The van der Waals surface area contributed by atoms with Gasteiger partial charge in [0.25, 0.3) is 0 Å². The monoisotopic (exact) mass is 171 g/mol. The molecule has 0 radical (unpaired) electrons. The van der Waals surface area contributed by atoms with Gasteiger partial charge in [0.05, 0.1) is 0 Å². The van der Waals surface area contributed by atoms with Gasteiger partial charge in [-0.1, -0.05) is 12.8 Å². The second kappa shape index (κ2) is 2.81. The minimum absolute atomic E-state index is 0.505. The Balaban J connectivity index is 1.89. The summed E-state index contributed by atoms with van der Waals surface area (Å²) in [6.45, 7) is 0.969. The van der Waals surface area contributed by atoms with Gasteiger partial charge in [-0.25, -0.2) is 0 Å². The van der Waals surface area contributed by atoms with E-state index in [2.05, 4.69) is 10.2 Å². The Morgan fingerprint density at radius 2 is 2.45 bits per heavy atom. The van der Waals surface area contributed by atoms with Crippen molar-refractivity contribution in [2.45, 2.75) is 25.8 Å². The lowest BCUT2D eigenvalue weighted by Crippen LogP contribution is -1.96. The van der Waals surface area contributed by atoms with Crippen LogP contribution in [0.4, 0.5) is 0 Å². The average Bonchev–Trinajstić information content (AvgIpc) is 2.73. The minimum Gasteiger partial charge on any atom is -0.304 e. The molecule has 1 heterocycles. The summed E-state index contributed by atoms with van der Waals surface area (Å²) in [5, 5.41) is 7.90. The quantitative estimate of drug-likeness (QED) is 0.694. The van der Waals surface area contributed by atoms with Crippen molar-refractivity contribution in [3.05, 3.63) is 11.6 Å². The average molecular weight is 172 g/mol. The molecule has 0 amide bonds. The summed E-state index contributed by atoms with van der Waals surface area (Å²) < 4.78 is 1.89. The van der Waals surface area contributed by atoms with Gasteiger partial charge in [0.15, 0.2) is 0 Å². The molecule has 0 spiro atoms. The molecule has 0 aliphatic heterocycles. The molecular weight excluding hydrogens is 162 g/mol. The number of aromatic nitrogens is 3. The lowest BCUT2D eigenvalue weighted by molar-refractivity contribution is 0.595. The van der Waals surface area contributed by atoms with Gasteiger partial charge in [-0.15, -0.1) is 10.2 Å². The number of nitrogens with zero attached hydrogens (tertiary/aromatic N) is 3. The zero-order valence-corrected chi connectivity index (χ0v) is 6.96. The summed E-state index contributed by atoms with van der Waals surface area (Å²) in [7, 11) is 0. The Morgan fingerprint density at radius 3 is 3.00 bits per heavy atom. The van der Waals surface area contributed by atoms with Crippen molar-refractivity contribution < 1.29 is 0 Å². The van der Waals surface area contributed by atoms with Crippen molar-refractivity contribution in [3.63, 3.8) is 0 Å². The molecule has 1 saturated carbocycles. The highest BCUT2D eigenvalue weighted by Crippen LogP contribution is 2.32. The Labute approximate surface area is 70.4 Å². The first kappa shape index (κ1) is 7.10. The van der Waals surface area contributed by atoms with E-state index in [-0.39, 0.29) is 0 Å². The fourth-order valence-corrected chi connectivity index (χ4v) is 1.29. The predicted octanol–water partition coefficient (Wildman–Crippen LogP) is 1.73. The van der Waals surface area contributed by atoms with Crippen molar-refractivity contribution in [2.24, 2.45) is 5.92 Å². The Kier molecular flexibility index (Phi) is 1.82. The van der Waals surface area contributed by atoms with Crippen LogP contribution in [0.15, 0.2) is 6.33 Å². The topological polar surface area (TPSA) is 30.7 Å². The zero-order chi connectivity index (χ0) is 7.68. The molecule has 2 rings (SSSR count). The summed E-state index contributed by atoms with van der Waals surface area (Å²) in [5.41, 5.74) is 0. The van der Waals surface area contributed by atoms with E-state index >= 15 is 0 Å². The maximum Gasteiger partial charge on any atom is 0.224 e. The lowest BCUT2D eigenvalue weighted by atomic mass is 10.3. The number of hydrogen-bond donors (Lipinski definition) is 0. The van der Waals surface area contributed by atoms with Gasteiger partial charge in [-0.3, -0.25) is 0 Å². The van der Waals surface area contributed by atoms with Gasteiger partial charge >= 0.3 is 0 Å². The van der Waals surface area contributed by atoms with Crippen LogP contribution >= 0.6 is 11.6 Å². The van der Waals surface area contributed by atoms with Crippen molar-refractivity contribution in [3.8, 4) is 0 Å². The maximum absolute atomic E-state index is 5.73. The molecule has 0 bridgehead atoms. The fraction of sp³-hybridized carbons (Fsp3) is 0.714. The predicted molar refractivity (Wildman–Crippen MR) is 42.4 cm³/mol. The molecule has 0 unspecified atom stereocenters. The van der Waals surface area contributed by atoms with Crippen LogP contribution in [0.1, 0.15) is 19.3 Å². The van der Waals surface area contributed by atoms with Crippen LogP contribution in [0.5, 0.6) is 0 Å². The Hall–Kier alpha value is -0.570. The highest BCUT2D eigenvalue weighted by atomic mass is 35.5. The van der Waals surface area contributed by atoms with E-state index in [1.165, 1.54) is 19.3 Å². The molecule has 11 heavy (non-hydrogen) atoms. The molecule has 60 valence electrons. The minimum atomic E-state index is 0.505. The fourth-order valence-electron chi connectivity index (χ4n) is 1.12. The highest BCUT2D eigenvalue weighted by Gasteiger charge is 2.20. The van der Waals surface area contributed by atoms with Crippen molar-refractivity contribution >= 4 is 11.6 Å². The number of hydrogen-bond acceptors (Lipinski definition) is 2. The molecular formula is C7H10ClN3. The van der Waals surface area contributed by atoms with E-state index in [0.29, 0.717) is 5.28 Å². The summed E-state index contributed by atoms with van der Waals surface area (Å²) in [6.07, 6.45) is 5.68. The van der Waals surface area contributed by atoms with Crippen LogP contribution in [0.25, 0.3) is 0 Å². The Morgan fingerprint density at radius 1 is 1.64 bits per heavy atom. The van der Waals surface area contributed by atoms with Crippen molar-refractivity contribution in [1.29, 1.82) is 0 Å². The lowest BCUT2D eigenvalue weighted by Gasteiger charge is -1.99. The van der Waals surface area contributed by atoms with E-state index in [9.17, 15) is 0 Å². The summed E-state index contributed by atoms with van der Waals surface area (Å²) in [4.78, 5) is 0. The second-order valence-corrected chi connectivity index (χ2v) is 3.36. The number of rotatable bonds is 3. The van der Waals surface area contributed by atoms with Gasteiger partial charge in [-0.2, -0.15) is 0 Å². The standard InChI is InChI=1S/C7H10ClN3/c8-7-10-9-5-11(7)4-3-6-1-2-6/h5-6H,1-4H2. The molecule has 0 atom stereocenters. The zero-order valence-electron chi connectivity index (χ0n) is 6.20. The summed E-state index contributed by atoms with van der Waals surface area (Å²) in [5.74, 6) is 0.938. The van der Waals surface area contributed by atoms with E-state index in [0.717, 1.165) is 12.5 Å². The van der Waals surface area contributed by atoms with Crippen LogP contribution in [0, 0.1) is 5.92 Å². The van der Waals surface area contributed by atoms with Gasteiger partial charge in [0.2, 0.25) is 5.28 Å². The molecule has 4 heteroatoms. The number of halogens is 1. The first-order valence-electron chi connectivity index (χ1n) is 3.89. The van der Waals surface area contributed by atoms with Crippen LogP contribution < -0.4 is 0 Å². The molecule has 1 aromatic rings. The van der Waals surface area contributed by atoms with E-state index in [4.69, 9.17) is 11.6 Å². The smallest absolute Gasteiger partial charge is 0.224 e. The molecule has 0 aromatic carbocycles. The van der Waals surface area contributed by atoms with Crippen LogP contribution in [0.2, 0.25) is 5.28 Å². The first-order valence-corrected chi connectivity index (χ1v) is 4.27. The first-order chi connectivity index (χ1) is 5.36. The van der Waals surface area contributed by atoms with Crippen molar-refractivity contribution in [2.75, 3.05) is 0 Å². The third-order valence-corrected chi connectivity index (χ3v) is 2.34. The summed E-state index contributed by atoms with van der Waals surface area (Å²) in [6, 6.07) is 0. The molecule has 0 saturated heterocycles. The van der Waals surface area contributed by atoms with Crippen molar-refractivity contribution in [1.82, 2.24) is 14.8 Å². The van der Waals surface area contributed by atoms with Gasteiger partial charge in [-0.05, 0) is 23.9 Å². The molecule has 1 fully saturated rings. The van der Waals surface area contributed by atoms with E-state index in [1.807, 2.05) is 4.57 Å². The highest BCUT2D eigenvalue weighted by molar-refractivity contribution is 6.28. The number of aryl methyl sites for hydroxylation is 1. The van der Waals surface area contributed by atoms with Gasteiger partial charge in [0.1, 0.15) is 6.33 Å². The summed E-state index contributed by atoms with van der Waals surface area (Å²) >= 11 is 5.73. The SMILES string of the molecule is Clc1nncn1CCC1CC1. The molecule has 3 nitrogen and oxygen atoms in total. The second-order valence-electron chi connectivity index (χ2n) is 3.03. The third kappa shape index (κ3) is 1.71. The maximum atomic E-state index is 5.73. The Bertz CT molecular complexity index is 242. The van der Waals surface area contributed by atoms with Crippen LogP contribution in [0.3, 0.4) is 0 Å². The molecule has 1 aliphatic rings. The third-order valence-electron chi connectivity index (χ3n) is 2.04.